The molecule has 0 spiro atoms. The third-order valence-electron chi connectivity index (χ3n) is 3.30. The number of carbonyl (C=O) groups excluding carboxylic acids is 1. The maximum absolute atomic E-state index is 12.3. The zero-order valence-corrected chi connectivity index (χ0v) is 12.5. The normalized spacial score (nSPS) is 14.8. The Morgan fingerprint density at radius 2 is 2.00 bits per heavy atom. The van der Waals surface area contributed by atoms with Crippen molar-refractivity contribution in [2.24, 2.45) is 0 Å². The van der Waals surface area contributed by atoms with E-state index in [4.69, 9.17) is 17.0 Å². The lowest BCUT2D eigenvalue weighted by atomic mass is 10.1. The van der Waals surface area contributed by atoms with Gasteiger partial charge in [-0.2, -0.15) is 0 Å². The number of hydrogen-bond donors (Lipinski definition) is 1. The molecule has 0 saturated carbocycles. The van der Waals surface area contributed by atoms with Crippen LogP contribution in [0.1, 0.15) is 36.5 Å². The van der Waals surface area contributed by atoms with Crippen LogP contribution in [0.5, 0.6) is 5.75 Å². The smallest absolute Gasteiger partial charge is 0.261 e. The second-order valence-electron chi connectivity index (χ2n) is 4.74. The molecule has 1 fully saturated rings. The highest BCUT2D eigenvalue weighted by molar-refractivity contribution is 7.80. The minimum atomic E-state index is -0.204. The lowest BCUT2D eigenvalue weighted by Gasteiger charge is -2.29. The first-order chi connectivity index (χ1) is 9.72. The van der Waals surface area contributed by atoms with Crippen molar-refractivity contribution in [2.75, 3.05) is 19.7 Å². The molecule has 1 aromatic rings. The van der Waals surface area contributed by atoms with Gasteiger partial charge in [0, 0.05) is 13.1 Å². The van der Waals surface area contributed by atoms with E-state index in [1.807, 2.05) is 19.1 Å². The Labute approximate surface area is 125 Å². The first-order valence-corrected chi connectivity index (χ1v) is 7.45. The quantitative estimate of drug-likeness (QED) is 0.870. The van der Waals surface area contributed by atoms with Crippen molar-refractivity contribution in [2.45, 2.75) is 26.2 Å². The van der Waals surface area contributed by atoms with Crippen LogP contribution in [-0.2, 0) is 0 Å². The van der Waals surface area contributed by atoms with Gasteiger partial charge < -0.3 is 9.64 Å². The molecule has 1 aliphatic rings. The Kier molecular flexibility index (Phi) is 5.35. The van der Waals surface area contributed by atoms with Crippen molar-refractivity contribution in [3.8, 4) is 5.75 Å². The van der Waals surface area contributed by atoms with Gasteiger partial charge in [-0.05, 0) is 50.5 Å². The molecule has 0 bridgehead atoms. The third kappa shape index (κ3) is 3.70. The molecule has 1 saturated heterocycles. The Morgan fingerprint density at radius 1 is 1.30 bits per heavy atom. The SMILES string of the molecule is CCOc1ccccc1C(=O)NC(=S)N1CCCCC1. The summed E-state index contributed by atoms with van der Waals surface area (Å²) in [4.78, 5) is 14.3. The standard InChI is InChI=1S/C15H20N2O2S/c1-2-19-13-9-5-4-8-12(13)14(18)16-15(20)17-10-6-3-7-11-17/h4-5,8-9H,2-3,6-7,10-11H2,1H3,(H,16,18,20). The Balaban J connectivity index is 2.02. The largest absolute Gasteiger partial charge is 0.493 e. The van der Waals surface area contributed by atoms with Crippen LogP contribution in [0.2, 0.25) is 0 Å². The molecule has 4 nitrogen and oxygen atoms in total. The lowest BCUT2D eigenvalue weighted by Crippen LogP contribution is -2.45. The fraction of sp³-hybridized carbons (Fsp3) is 0.467. The molecule has 2 rings (SSSR count). The van der Waals surface area contributed by atoms with Crippen LogP contribution in [0.3, 0.4) is 0 Å². The lowest BCUT2D eigenvalue weighted by molar-refractivity contribution is 0.0969. The summed E-state index contributed by atoms with van der Waals surface area (Å²) < 4.78 is 5.47. The predicted molar refractivity (Wildman–Crippen MR) is 83.1 cm³/mol. The molecule has 0 aliphatic carbocycles. The number of carbonyl (C=O) groups is 1. The average Bonchev–Trinajstić information content (AvgIpc) is 2.49. The highest BCUT2D eigenvalue weighted by Gasteiger charge is 2.18. The number of piperidine rings is 1. The number of nitrogens with one attached hydrogen (secondary N) is 1. The predicted octanol–water partition coefficient (Wildman–Crippen LogP) is 2.59. The number of ether oxygens (including phenoxy) is 1. The van der Waals surface area contributed by atoms with Crippen LogP contribution in [0, 0.1) is 0 Å². The van der Waals surface area contributed by atoms with Gasteiger partial charge in [0.05, 0.1) is 12.2 Å². The highest BCUT2D eigenvalue weighted by Crippen LogP contribution is 2.18. The molecule has 1 heterocycles. The van der Waals surface area contributed by atoms with Crippen molar-refractivity contribution in [3.05, 3.63) is 29.8 Å². The average molecular weight is 292 g/mol. The van der Waals surface area contributed by atoms with Crippen LogP contribution in [0.25, 0.3) is 0 Å². The summed E-state index contributed by atoms with van der Waals surface area (Å²) in [6, 6.07) is 7.22. The molecule has 5 heteroatoms. The molecule has 1 amide bonds. The Bertz CT molecular complexity index is 485. The minimum Gasteiger partial charge on any atom is -0.493 e. The van der Waals surface area contributed by atoms with E-state index in [9.17, 15) is 4.79 Å². The summed E-state index contributed by atoms with van der Waals surface area (Å²) in [5.41, 5.74) is 0.522. The molecule has 1 N–H and O–H groups in total. The van der Waals surface area contributed by atoms with E-state index >= 15 is 0 Å². The molecule has 0 aromatic heterocycles. The fourth-order valence-electron chi connectivity index (χ4n) is 2.28. The number of rotatable bonds is 3. The first kappa shape index (κ1) is 14.8. The van der Waals surface area contributed by atoms with Crippen molar-refractivity contribution in [1.29, 1.82) is 0 Å². The van der Waals surface area contributed by atoms with Crippen molar-refractivity contribution in [3.63, 3.8) is 0 Å². The fourth-order valence-corrected chi connectivity index (χ4v) is 2.55. The number of benzene rings is 1. The van der Waals surface area contributed by atoms with Crippen molar-refractivity contribution in [1.82, 2.24) is 10.2 Å². The van der Waals surface area contributed by atoms with Crippen molar-refractivity contribution >= 4 is 23.2 Å². The van der Waals surface area contributed by atoms with Gasteiger partial charge in [-0.15, -0.1) is 0 Å². The van der Waals surface area contributed by atoms with Crippen LogP contribution in [-0.4, -0.2) is 35.6 Å². The Morgan fingerprint density at radius 3 is 2.70 bits per heavy atom. The topological polar surface area (TPSA) is 41.6 Å². The molecular formula is C15H20N2O2S. The highest BCUT2D eigenvalue weighted by atomic mass is 32.1. The number of nitrogens with zero attached hydrogens (tertiary/aromatic N) is 1. The summed E-state index contributed by atoms with van der Waals surface area (Å²) in [7, 11) is 0. The monoisotopic (exact) mass is 292 g/mol. The van der Waals surface area contributed by atoms with Gasteiger partial charge in [0.25, 0.3) is 5.91 Å². The summed E-state index contributed by atoms with van der Waals surface area (Å²) in [5.74, 6) is 0.388. The molecule has 1 aromatic carbocycles. The number of amides is 1. The van der Waals surface area contributed by atoms with Crippen LogP contribution < -0.4 is 10.1 Å². The molecular weight excluding hydrogens is 272 g/mol. The van der Waals surface area contributed by atoms with Gasteiger partial charge in [-0.3, -0.25) is 10.1 Å². The van der Waals surface area contributed by atoms with E-state index in [0.29, 0.717) is 23.0 Å². The maximum atomic E-state index is 12.3. The second kappa shape index (κ2) is 7.24. The summed E-state index contributed by atoms with van der Waals surface area (Å²) in [6.07, 6.45) is 3.50. The van der Waals surface area contributed by atoms with E-state index in [1.54, 1.807) is 12.1 Å². The summed E-state index contributed by atoms with van der Waals surface area (Å²) in [5, 5.41) is 3.32. The minimum absolute atomic E-state index is 0.204. The zero-order valence-electron chi connectivity index (χ0n) is 11.7. The van der Waals surface area contributed by atoms with Gasteiger partial charge in [-0.25, -0.2) is 0 Å². The summed E-state index contributed by atoms with van der Waals surface area (Å²) >= 11 is 5.31. The van der Waals surface area contributed by atoms with Crippen LogP contribution in [0.15, 0.2) is 24.3 Å². The van der Waals surface area contributed by atoms with Crippen LogP contribution >= 0.6 is 12.2 Å². The maximum Gasteiger partial charge on any atom is 0.261 e. The van der Waals surface area contributed by atoms with E-state index in [0.717, 1.165) is 25.9 Å². The van der Waals surface area contributed by atoms with E-state index in [1.165, 1.54) is 6.42 Å². The van der Waals surface area contributed by atoms with E-state index in [2.05, 4.69) is 10.2 Å². The number of thiocarbonyl (C=S) groups is 1. The number of para-hydroxylation sites is 1. The number of likely N-dealkylation sites (tertiary alicyclic amines) is 1. The third-order valence-corrected chi connectivity index (χ3v) is 3.66. The molecule has 0 atom stereocenters. The van der Waals surface area contributed by atoms with Gasteiger partial charge in [0.1, 0.15) is 5.75 Å². The summed E-state index contributed by atoms with van der Waals surface area (Å²) in [6.45, 7) is 4.27. The van der Waals surface area contributed by atoms with Gasteiger partial charge in [0.15, 0.2) is 5.11 Å². The van der Waals surface area contributed by atoms with Gasteiger partial charge in [0.2, 0.25) is 0 Å². The van der Waals surface area contributed by atoms with Crippen molar-refractivity contribution < 1.29 is 9.53 Å². The molecule has 0 radical (unpaired) electrons. The van der Waals surface area contributed by atoms with E-state index < -0.39 is 0 Å². The van der Waals surface area contributed by atoms with E-state index in [-0.39, 0.29) is 5.91 Å². The molecule has 108 valence electrons. The second-order valence-corrected chi connectivity index (χ2v) is 5.12. The molecule has 20 heavy (non-hydrogen) atoms. The zero-order chi connectivity index (χ0) is 14.4. The first-order valence-electron chi connectivity index (χ1n) is 7.04. The molecule has 1 aliphatic heterocycles. The Hall–Kier alpha value is -1.62. The molecule has 0 unspecified atom stereocenters. The van der Waals surface area contributed by atoms with Crippen LogP contribution in [0.4, 0.5) is 0 Å². The van der Waals surface area contributed by atoms with Gasteiger partial charge in [-0.1, -0.05) is 12.1 Å². The number of hydrogen-bond acceptors (Lipinski definition) is 3. The van der Waals surface area contributed by atoms with Gasteiger partial charge >= 0.3 is 0 Å².